The normalized spacial score (nSPS) is 11.7. The zero-order chi connectivity index (χ0) is 22.0. The first-order valence-electron chi connectivity index (χ1n) is 10.5. The third kappa shape index (κ3) is 2.50. The third-order valence-electron chi connectivity index (χ3n) is 6.49. The quantitative estimate of drug-likeness (QED) is 0.244. The second kappa shape index (κ2) is 6.66. The second-order valence-electron chi connectivity index (χ2n) is 8.18. The predicted octanol–water partition coefficient (Wildman–Crippen LogP) is 6.63. The largest absolute Gasteiger partial charge is 0.497 e. The highest BCUT2D eigenvalue weighted by molar-refractivity contribution is 6.34. The molecule has 0 aromatic heterocycles. The van der Waals surface area contributed by atoms with Crippen LogP contribution in [-0.2, 0) is 0 Å². The molecule has 0 aliphatic rings. The average molecular weight is 418 g/mol. The molecule has 0 spiro atoms. The fraction of sp³-hybridized carbons (Fsp3) is 0.0714. The lowest BCUT2D eigenvalue weighted by Gasteiger charge is -2.16. The van der Waals surface area contributed by atoms with Gasteiger partial charge in [-0.2, -0.15) is 0 Å². The highest BCUT2D eigenvalue weighted by atomic mass is 16.5. The molecule has 4 heteroatoms. The summed E-state index contributed by atoms with van der Waals surface area (Å²) in [7, 11) is 3.38. The minimum atomic E-state index is 0.752. The topological polar surface area (TPSA) is 70.5 Å². The number of anilines is 2. The molecular formula is C28H22N2O2. The third-order valence-corrected chi connectivity index (χ3v) is 6.49. The van der Waals surface area contributed by atoms with E-state index in [1.54, 1.807) is 14.2 Å². The fourth-order valence-electron chi connectivity index (χ4n) is 4.96. The molecule has 6 aromatic rings. The number of benzene rings is 6. The van der Waals surface area contributed by atoms with Crippen molar-refractivity contribution in [1.82, 2.24) is 0 Å². The van der Waals surface area contributed by atoms with Crippen LogP contribution in [0, 0.1) is 0 Å². The average Bonchev–Trinajstić information content (AvgIpc) is 2.83. The van der Waals surface area contributed by atoms with Crippen molar-refractivity contribution < 1.29 is 9.47 Å². The Bertz CT molecular complexity index is 1600. The number of hydrogen-bond donors (Lipinski definition) is 2. The number of fused-ring (bicyclic) bond motifs is 9. The Labute approximate surface area is 184 Å². The minimum absolute atomic E-state index is 0.752. The van der Waals surface area contributed by atoms with Crippen LogP contribution >= 0.6 is 0 Å². The summed E-state index contributed by atoms with van der Waals surface area (Å²) < 4.78 is 11.1. The van der Waals surface area contributed by atoms with E-state index in [1.165, 1.54) is 0 Å². The molecule has 0 aliphatic carbocycles. The van der Waals surface area contributed by atoms with Gasteiger partial charge in [-0.1, -0.05) is 36.4 Å². The van der Waals surface area contributed by atoms with E-state index >= 15 is 0 Å². The van der Waals surface area contributed by atoms with Crippen molar-refractivity contribution >= 4 is 65.2 Å². The molecular weight excluding hydrogens is 396 g/mol. The van der Waals surface area contributed by atoms with Gasteiger partial charge in [-0.3, -0.25) is 0 Å². The van der Waals surface area contributed by atoms with Crippen LogP contribution in [0.15, 0.2) is 72.8 Å². The molecule has 0 atom stereocenters. The van der Waals surface area contributed by atoms with Gasteiger partial charge in [-0.25, -0.2) is 0 Å². The van der Waals surface area contributed by atoms with E-state index in [0.29, 0.717) is 0 Å². The number of hydrogen-bond acceptors (Lipinski definition) is 4. The van der Waals surface area contributed by atoms with E-state index in [4.69, 9.17) is 20.9 Å². The first-order chi connectivity index (χ1) is 15.6. The lowest BCUT2D eigenvalue weighted by atomic mass is 9.89. The highest BCUT2D eigenvalue weighted by Gasteiger charge is 2.15. The summed E-state index contributed by atoms with van der Waals surface area (Å²) in [6, 6.07) is 24.8. The number of rotatable bonds is 2. The summed E-state index contributed by atoms with van der Waals surface area (Å²) >= 11 is 0. The fourth-order valence-corrected chi connectivity index (χ4v) is 4.96. The maximum absolute atomic E-state index is 6.54. The van der Waals surface area contributed by atoms with E-state index < -0.39 is 0 Å². The second-order valence-corrected chi connectivity index (χ2v) is 8.18. The van der Waals surface area contributed by atoms with Gasteiger partial charge in [0.25, 0.3) is 0 Å². The van der Waals surface area contributed by atoms with Crippen molar-refractivity contribution in [2.45, 2.75) is 0 Å². The smallest absolute Gasteiger partial charge is 0.119 e. The Hall–Kier alpha value is -4.18. The zero-order valence-electron chi connectivity index (χ0n) is 17.9. The van der Waals surface area contributed by atoms with E-state index in [1.807, 2.05) is 24.3 Å². The van der Waals surface area contributed by atoms with E-state index in [2.05, 4.69) is 48.5 Å². The Morgan fingerprint density at radius 1 is 0.469 bits per heavy atom. The van der Waals surface area contributed by atoms with E-state index in [-0.39, 0.29) is 0 Å². The molecule has 156 valence electrons. The summed E-state index contributed by atoms with van der Waals surface area (Å²) in [5.41, 5.74) is 14.6. The number of methoxy groups -OCH3 is 2. The van der Waals surface area contributed by atoms with Crippen molar-refractivity contribution in [3.63, 3.8) is 0 Å². The molecule has 0 aliphatic heterocycles. The van der Waals surface area contributed by atoms with E-state index in [0.717, 1.165) is 76.7 Å². The lowest BCUT2D eigenvalue weighted by molar-refractivity contribution is 0.415. The summed E-state index contributed by atoms with van der Waals surface area (Å²) in [5.74, 6) is 1.62. The Morgan fingerprint density at radius 3 is 1.34 bits per heavy atom. The molecule has 0 radical (unpaired) electrons. The first kappa shape index (κ1) is 18.6. The van der Waals surface area contributed by atoms with Crippen LogP contribution in [0.25, 0.3) is 53.9 Å². The van der Waals surface area contributed by atoms with Crippen molar-refractivity contribution in [3.8, 4) is 11.5 Å². The van der Waals surface area contributed by atoms with Gasteiger partial charge in [0.1, 0.15) is 11.5 Å². The zero-order valence-corrected chi connectivity index (χ0v) is 17.9. The van der Waals surface area contributed by atoms with Gasteiger partial charge in [0.05, 0.1) is 14.2 Å². The minimum Gasteiger partial charge on any atom is -0.497 e. The molecule has 0 heterocycles. The van der Waals surface area contributed by atoms with Gasteiger partial charge in [0.15, 0.2) is 0 Å². The summed E-state index contributed by atoms with van der Waals surface area (Å²) in [6.45, 7) is 0. The highest BCUT2D eigenvalue weighted by Crippen LogP contribution is 2.43. The SMILES string of the molecule is COc1ccc2cc(N)c3ccc4ccc5c(N)cc6ccc(OC)cc6c5c4c3c2c1. The van der Waals surface area contributed by atoms with Crippen LogP contribution in [0.5, 0.6) is 11.5 Å². The Morgan fingerprint density at radius 2 is 0.906 bits per heavy atom. The van der Waals surface area contributed by atoms with Crippen LogP contribution in [0.1, 0.15) is 0 Å². The van der Waals surface area contributed by atoms with Crippen molar-refractivity contribution in [1.29, 1.82) is 0 Å². The molecule has 32 heavy (non-hydrogen) atoms. The molecule has 4 N–H and O–H groups in total. The van der Waals surface area contributed by atoms with Gasteiger partial charge in [-0.15, -0.1) is 0 Å². The summed E-state index contributed by atoms with van der Waals surface area (Å²) in [4.78, 5) is 0. The van der Waals surface area contributed by atoms with Gasteiger partial charge < -0.3 is 20.9 Å². The molecule has 4 nitrogen and oxygen atoms in total. The molecule has 0 bridgehead atoms. The van der Waals surface area contributed by atoms with Crippen molar-refractivity contribution in [2.75, 3.05) is 25.7 Å². The number of ether oxygens (including phenoxy) is 2. The van der Waals surface area contributed by atoms with Crippen molar-refractivity contribution in [2.24, 2.45) is 0 Å². The molecule has 0 saturated carbocycles. The maximum atomic E-state index is 6.54. The van der Waals surface area contributed by atoms with E-state index in [9.17, 15) is 0 Å². The monoisotopic (exact) mass is 418 g/mol. The van der Waals surface area contributed by atoms with Crippen molar-refractivity contribution in [3.05, 3.63) is 72.8 Å². The van der Waals surface area contributed by atoms with Gasteiger partial charge in [-0.05, 0) is 68.7 Å². The number of nitrogen functional groups attached to an aromatic ring is 2. The standard InChI is InChI=1S/C28H22N2O2/c1-31-18-7-3-16-11-24(29)20-9-5-15-6-10-21-25(30)12-17-4-8-19(32-2)14-23(17)28(21)26(15)27(20)22(16)13-18/h3-14H,29-30H2,1-2H3. The van der Waals surface area contributed by atoms with Crippen LogP contribution in [0.4, 0.5) is 11.4 Å². The van der Waals surface area contributed by atoms with Gasteiger partial charge in [0.2, 0.25) is 0 Å². The molecule has 0 amide bonds. The van der Waals surface area contributed by atoms with Crippen LogP contribution in [-0.4, -0.2) is 14.2 Å². The molecule has 0 fully saturated rings. The molecule has 6 aromatic carbocycles. The van der Waals surface area contributed by atoms with Gasteiger partial charge >= 0.3 is 0 Å². The lowest BCUT2D eigenvalue weighted by Crippen LogP contribution is -1.94. The Kier molecular flexibility index (Phi) is 3.87. The van der Waals surface area contributed by atoms with Crippen LogP contribution in [0.2, 0.25) is 0 Å². The summed E-state index contributed by atoms with van der Waals surface area (Å²) in [5, 5.41) is 10.9. The van der Waals surface area contributed by atoms with Gasteiger partial charge in [0, 0.05) is 32.9 Å². The number of nitrogens with two attached hydrogens (primary N) is 2. The van der Waals surface area contributed by atoms with Crippen LogP contribution in [0.3, 0.4) is 0 Å². The Balaban J connectivity index is 1.99. The molecule has 0 saturated heterocycles. The summed E-state index contributed by atoms with van der Waals surface area (Å²) in [6.07, 6.45) is 0. The van der Waals surface area contributed by atoms with Crippen LogP contribution < -0.4 is 20.9 Å². The predicted molar refractivity (Wildman–Crippen MR) is 136 cm³/mol. The molecule has 0 unspecified atom stereocenters. The first-order valence-corrected chi connectivity index (χ1v) is 10.5. The maximum Gasteiger partial charge on any atom is 0.119 e. The molecule has 6 rings (SSSR count).